The summed E-state index contributed by atoms with van der Waals surface area (Å²) in [6, 6.07) is 6.68. The summed E-state index contributed by atoms with van der Waals surface area (Å²) in [5.41, 5.74) is 1.84. The Labute approximate surface area is 149 Å². The first-order valence-electron chi connectivity index (χ1n) is 7.95. The van der Waals surface area contributed by atoms with Crippen molar-refractivity contribution in [3.05, 3.63) is 52.0 Å². The standard InChI is InChI=1S/C17H20BrFN4O/c1-13-16(18)11-23(20-13)12-17(24)22-7-5-21(6-8-22)10-14-3-2-4-15(19)9-14/h2-4,9,11H,5-8,10,12H2,1H3. The molecule has 0 aliphatic carbocycles. The molecule has 2 aromatic rings. The summed E-state index contributed by atoms with van der Waals surface area (Å²) in [4.78, 5) is 16.5. The van der Waals surface area contributed by atoms with Gasteiger partial charge in [-0.25, -0.2) is 4.39 Å². The van der Waals surface area contributed by atoms with Crippen molar-refractivity contribution in [1.82, 2.24) is 19.6 Å². The fourth-order valence-corrected chi connectivity index (χ4v) is 3.18. The molecular weight excluding hydrogens is 375 g/mol. The van der Waals surface area contributed by atoms with Crippen molar-refractivity contribution in [3.8, 4) is 0 Å². The molecule has 0 N–H and O–H groups in total. The lowest BCUT2D eigenvalue weighted by atomic mass is 10.2. The van der Waals surface area contributed by atoms with Gasteiger partial charge in [-0.3, -0.25) is 14.4 Å². The van der Waals surface area contributed by atoms with Crippen LogP contribution in [0, 0.1) is 12.7 Å². The Balaban J connectivity index is 1.50. The van der Waals surface area contributed by atoms with Gasteiger partial charge in [-0.05, 0) is 40.5 Å². The van der Waals surface area contributed by atoms with Crippen molar-refractivity contribution >= 4 is 21.8 Å². The Morgan fingerprint density at radius 1 is 1.29 bits per heavy atom. The van der Waals surface area contributed by atoms with Crippen LogP contribution in [0.2, 0.25) is 0 Å². The Hall–Kier alpha value is -1.73. The van der Waals surface area contributed by atoms with Crippen LogP contribution in [-0.2, 0) is 17.9 Å². The van der Waals surface area contributed by atoms with Crippen LogP contribution in [-0.4, -0.2) is 51.7 Å². The first-order chi connectivity index (χ1) is 11.5. The largest absolute Gasteiger partial charge is 0.339 e. The van der Waals surface area contributed by atoms with Crippen molar-refractivity contribution in [2.24, 2.45) is 0 Å². The van der Waals surface area contributed by atoms with Crippen LogP contribution in [0.15, 0.2) is 34.9 Å². The number of aromatic nitrogens is 2. The number of carbonyl (C=O) groups is 1. The molecule has 1 aromatic heterocycles. The highest BCUT2D eigenvalue weighted by atomic mass is 79.9. The van der Waals surface area contributed by atoms with Gasteiger partial charge in [0.05, 0.1) is 10.2 Å². The third kappa shape index (κ3) is 4.21. The van der Waals surface area contributed by atoms with E-state index in [1.807, 2.05) is 24.1 Å². The maximum atomic E-state index is 13.2. The Morgan fingerprint density at radius 3 is 2.67 bits per heavy atom. The number of hydrogen-bond acceptors (Lipinski definition) is 3. The maximum Gasteiger partial charge on any atom is 0.244 e. The minimum absolute atomic E-state index is 0.0791. The summed E-state index contributed by atoms with van der Waals surface area (Å²) < 4.78 is 15.8. The van der Waals surface area contributed by atoms with E-state index >= 15 is 0 Å². The molecule has 5 nitrogen and oxygen atoms in total. The zero-order valence-electron chi connectivity index (χ0n) is 13.6. The van der Waals surface area contributed by atoms with E-state index in [4.69, 9.17) is 0 Å². The summed E-state index contributed by atoms with van der Waals surface area (Å²) in [7, 11) is 0. The zero-order valence-corrected chi connectivity index (χ0v) is 15.2. The lowest BCUT2D eigenvalue weighted by Gasteiger charge is -2.34. The van der Waals surface area contributed by atoms with E-state index < -0.39 is 0 Å². The quantitative estimate of drug-likeness (QED) is 0.799. The molecule has 0 spiro atoms. The van der Waals surface area contributed by atoms with Crippen LogP contribution >= 0.6 is 15.9 Å². The molecule has 1 aliphatic heterocycles. The van der Waals surface area contributed by atoms with Crippen molar-refractivity contribution in [2.45, 2.75) is 20.0 Å². The normalized spacial score (nSPS) is 15.7. The summed E-state index contributed by atoms with van der Waals surface area (Å²) >= 11 is 3.40. The third-order valence-electron chi connectivity index (χ3n) is 4.20. The molecule has 0 unspecified atom stereocenters. The van der Waals surface area contributed by atoms with Gasteiger partial charge in [0, 0.05) is 38.9 Å². The minimum atomic E-state index is -0.206. The number of rotatable bonds is 4. The second-order valence-corrected chi connectivity index (χ2v) is 6.90. The molecule has 1 fully saturated rings. The Morgan fingerprint density at radius 2 is 2.04 bits per heavy atom. The molecule has 0 saturated carbocycles. The molecule has 128 valence electrons. The van der Waals surface area contributed by atoms with Crippen LogP contribution in [0.4, 0.5) is 4.39 Å². The predicted molar refractivity (Wildman–Crippen MR) is 92.9 cm³/mol. The summed E-state index contributed by atoms with van der Waals surface area (Å²) in [6.07, 6.45) is 1.83. The third-order valence-corrected chi connectivity index (χ3v) is 4.98. The van der Waals surface area contributed by atoms with E-state index in [1.54, 1.807) is 16.8 Å². The molecule has 0 bridgehead atoms. The fraction of sp³-hybridized carbons (Fsp3) is 0.412. The van der Waals surface area contributed by atoms with Gasteiger partial charge in [0.1, 0.15) is 12.4 Å². The average molecular weight is 395 g/mol. The van der Waals surface area contributed by atoms with Gasteiger partial charge in [-0.2, -0.15) is 5.10 Å². The van der Waals surface area contributed by atoms with E-state index in [0.29, 0.717) is 19.6 Å². The zero-order chi connectivity index (χ0) is 17.1. The van der Waals surface area contributed by atoms with Crippen molar-refractivity contribution < 1.29 is 9.18 Å². The van der Waals surface area contributed by atoms with E-state index in [1.165, 1.54) is 6.07 Å². The number of piperazine rings is 1. The van der Waals surface area contributed by atoms with Crippen molar-refractivity contribution in [1.29, 1.82) is 0 Å². The first-order valence-corrected chi connectivity index (χ1v) is 8.75. The molecule has 1 aliphatic rings. The highest BCUT2D eigenvalue weighted by Crippen LogP contribution is 2.14. The number of benzene rings is 1. The van der Waals surface area contributed by atoms with E-state index in [2.05, 4.69) is 25.9 Å². The summed E-state index contributed by atoms with van der Waals surface area (Å²) in [5, 5.41) is 4.30. The molecule has 0 atom stereocenters. The Bertz CT molecular complexity index is 706. The molecule has 0 radical (unpaired) electrons. The molecular formula is C17H20BrFN4O. The van der Waals surface area contributed by atoms with E-state index in [0.717, 1.165) is 28.8 Å². The Kier molecular flexibility index (Phi) is 5.30. The second kappa shape index (κ2) is 7.44. The molecule has 1 saturated heterocycles. The second-order valence-electron chi connectivity index (χ2n) is 6.05. The molecule has 24 heavy (non-hydrogen) atoms. The van der Waals surface area contributed by atoms with Gasteiger partial charge in [-0.1, -0.05) is 12.1 Å². The van der Waals surface area contributed by atoms with Crippen LogP contribution in [0.5, 0.6) is 0 Å². The summed E-state index contributed by atoms with van der Waals surface area (Å²) in [5.74, 6) is -0.127. The van der Waals surface area contributed by atoms with Gasteiger partial charge in [0.25, 0.3) is 0 Å². The van der Waals surface area contributed by atoms with Crippen molar-refractivity contribution in [3.63, 3.8) is 0 Å². The number of aryl methyl sites for hydroxylation is 1. The number of halogens is 2. The topological polar surface area (TPSA) is 41.4 Å². The highest BCUT2D eigenvalue weighted by Gasteiger charge is 2.21. The van der Waals surface area contributed by atoms with Crippen LogP contribution in [0.3, 0.4) is 0 Å². The molecule has 3 rings (SSSR count). The molecule has 7 heteroatoms. The van der Waals surface area contributed by atoms with Gasteiger partial charge in [-0.15, -0.1) is 0 Å². The van der Waals surface area contributed by atoms with E-state index in [-0.39, 0.29) is 18.3 Å². The predicted octanol–water partition coefficient (Wildman–Crippen LogP) is 2.44. The highest BCUT2D eigenvalue weighted by molar-refractivity contribution is 9.10. The maximum absolute atomic E-state index is 13.2. The molecule has 2 heterocycles. The van der Waals surface area contributed by atoms with Crippen LogP contribution in [0.25, 0.3) is 0 Å². The van der Waals surface area contributed by atoms with Crippen LogP contribution in [0.1, 0.15) is 11.3 Å². The first kappa shape index (κ1) is 17.1. The molecule has 1 amide bonds. The number of carbonyl (C=O) groups excluding carboxylic acids is 1. The summed E-state index contributed by atoms with van der Waals surface area (Å²) in [6.45, 7) is 5.84. The minimum Gasteiger partial charge on any atom is -0.339 e. The number of nitrogens with zero attached hydrogens (tertiary/aromatic N) is 4. The molecule has 1 aromatic carbocycles. The van der Waals surface area contributed by atoms with Crippen molar-refractivity contribution in [2.75, 3.05) is 26.2 Å². The average Bonchev–Trinajstić information content (AvgIpc) is 2.86. The number of hydrogen-bond donors (Lipinski definition) is 0. The van der Waals surface area contributed by atoms with Gasteiger partial charge in [0.2, 0.25) is 5.91 Å². The van der Waals surface area contributed by atoms with Crippen LogP contribution < -0.4 is 0 Å². The number of amides is 1. The van der Waals surface area contributed by atoms with Gasteiger partial charge < -0.3 is 4.90 Å². The monoisotopic (exact) mass is 394 g/mol. The lowest BCUT2D eigenvalue weighted by molar-refractivity contribution is -0.133. The van der Waals surface area contributed by atoms with Gasteiger partial charge in [0.15, 0.2) is 0 Å². The fourth-order valence-electron chi connectivity index (χ4n) is 2.86. The van der Waals surface area contributed by atoms with E-state index in [9.17, 15) is 9.18 Å². The van der Waals surface area contributed by atoms with Gasteiger partial charge >= 0.3 is 0 Å². The SMILES string of the molecule is Cc1nn(CC(=O)N2CCN(Cc3cccc(F)c3)CC2)cc1Br. The lowest BCUT2D eigenvalue weighted by Crippen LogP contribution is -2.49. The smallest absolute Gasteiger partial charge is 0.244 e.